The summed E-state index contributed by atoms with van der Waals surface area (Å²) < 4.78 is 10.4. The van der Waals surface area contributed by atoms with Gasteiger partial charge in [-0.05, 0) is 26.6 Å². The fraction of sp³-hybridized carbons (Fsp3) is 0.500. The van der Waals surface area contributed by atoms with Crippen LogP contribution < -0.4 is 0 Å². The van der Waals surface area contributed by atoms with Gasteiger partial charge in [0.1, 0.15) is 6.61 Å². The molecule has 0 bridgehead atoms. The van der Waals surface area contributed by atoms with Crippen molar-refractivity contribution in [3.63, 3.8) is 0 Å². The van der Waals surface area contributed by atoms with Crippen molar-refractivity contribution in [3.8, 4) is 0 Å². The number of halogens is 1. The van der Waals surface area contributed by atoms with Gasteiger partial charge in [0.15, 0.2) is 5.76 Å². The first kappa shape index (κ1) is 24.0. The summed E-state index contributed by atoms with van der Waals surface area (Å²) in [5.41, 5.74) is 0.533. The number of esters is 1. The second-order valence-corrected chi connectivity index (χ2v) is 5.89. The molecular weight excluding hydrogens is 338 g/mol. The second kappa shape index (κ2) is 13.2. The standard InChI is InChI=1S/C16H25NO4S.ClH/c1-7-10-22-11-13(15(20-6)14(18)12(2)3)16(19)21-9-8-17(4)5;/h7H,1-2,8-11H2,3-6H3;1H/b15-13+;. The maximum Gasteiger partial charge on any atom is 0.338 e. The summed E-state index contributed by atoms with van der Waals surface area (Å²) in [5, 5.41) is 0. The minimum atomic E-state index is -0.537. The van der Waals surface area contributed by atoms with Crippen LogP contribution >= 0.6 is 24.2 Å². The molecule has 0 aliphatic carbocycles. The summed E-state index contributed by atoms with van der Waals surface area (Å²) in [6, 6.07) is 0. The zero-order valence-corrected chi connectivity index (χ0v) is 15.8. The molecule has 0 aromatic carbocycles. The number of hydrogen-bond donors (Lipinski definition) is 0. The average molecular weight is 364 g/mol. The lowest BCUT2D eigenvalue weighted by Gasteiger charge is -2.14. The molecule has 0 unspecified atom stereocenters. The Bertz CT molecular complexity index is 461. The molecule has 0 amide bonds. The Kier molecular flexibility index (Phi) is 13.8. The van der Waals surface area contributed by atoms with Gasteiger partial charge in [0.25, 0.3) is 0 Å². The second-order valence-electron chi connectivity index (χ2n) is 4.86. The van der Waals surface area contributed by atoms with Gasteiger partial charge in [0.2, 0.25) is 5.78 Å². The monoisotopic (exact) mass is 363 g/mol. The number of thioether (sulfide) groups is 1. The highest BCUT2D eigenvalue weighted by molar-refractivity contribution is 7.99. The summed E-state index contributed by atoms with van der Waals surface area (Å²) in [7, 11) is 5.13. The van der Waals surface area contributed by atoms with Crippen LogP contribution in [0.5, 0.6) is 0 Å². The number of ketones is 1. The van der Waals surface area contributed by atoms with E-state index in [1.54, 1.807) is 13.0 Å². The third kappa shape index (κ3) is 9.48. The van der Waals surface area contributed by atoms with E-state index in [1.807, 2.05) is 19.0 Å². The van der Waals surface area contributed by atoms with Crippen LogP contribution in [-0.2, 0) is 19.1 Å². The van der Waals surface area contributed by atoms with E-state index in [4.69, 9.17) is 9.47 Å². The Morgan fingerprint density at radius 3 is 2.35 bits per heavy atom. The largest absolute Gasteiger partial charge is 0.492 e. The Labute approximate surface area is 149 Å². The molecule has 0 aromatic heterocycles. The molecule has 0 saturated heterocycles. The number of carbonyl (C=O) groups excluding carboxylic acids is 2. The van der Waals surface area contributed by atoms with Crippen molar-refractivity contribution in [1.82, 2.24) is 4.90 Å². The lowest BCUT2D eigenvalue weighted by molar-refractivity contribution is -0.139. The minimum Gasteiger partial charge on any atom is -0.492 e. The van der Waals surface area contributed by atoms with Crippen LogP contribution in [0.1, 0.15) is 6.92 Å². The fourth-order valence-corrected chi connectivity index (χ4v) is 2.15. The number of likely N-dealkylation sites (N-methyl/N-ethyl adjacent to an activating group) is 1. The molecule has 5 nitrogen and oxygen atoms in total. The lowest BCUT2D eigenvalue weighted by Crippen LogP contribution is -2.23. The van der Waals surface area contributed by atoms with E-state index in [2.05, 4.69) is 13.2 Å². The number of nitrogens with zero attached hydrogens (tertiary/aromatic N) is 1. The first-order valence-corrected chi connectivity index (χ1v) is 7.98. The van der Waals surface area contributed by atoms with Gasteiger partial charge < -0.3 is 14.4 Å². The quantitative estimate of drug-likeness (QED) is 0.185. The van der Waals surface area contributed by atoms with E-state index >= 15 is 0 Å². The fourth-order valence-electron chi connectivity index (χ4n) is 1.42. The highest BCUT2D eigenvalue weighted by Crippen LogP contribution is 2.18. The number of carbonyl (C=O) groups is 2. The average Bonchev–Trinajstić information content (AvgIpc) is 2.45. The van der Waals surface area contributed by atoms with Crippen molar-refractivity contribution < 1.29 is 19.1 Å². The Balaban J connectivity index is 0. The number of hydrogen-bond acceptors (Lipinski definition) is 6. The van der Waals surface area contributed by atoms with Crippen LogP contribution in [0.3, 0.4) is 0 Å². The number of ether oxygens (including phenoxy) is 2. The van der Waals surface area contributed by atoms with E-state index < -0.39 is 5.97 Å². The molecule has 0 rings (SSSR count). The van der Waals surface area contributed by atoms with Crippen molar-refractivity contribution >= 4 is 35.9 Å². The highest BCUT2D eigenvalue weighted by atomic mass is 35.5. The predicted molar refractivity (Wildman–Crippen MR) is 98.1 cm³/mol. The van der Waals surface area contributed by atoms with E-state index in [1.165, 1.54) is 18.9 Å². The van der Waals surface area contributed by atoms with Crippen LogP contribution in [-0.4, -0.2) is 62.5 Å². The number of methoxy groups -OCH3 is 1. The van der Waals surface area contributed by atoms with Gasteiger partial charge >= 0.3 is 5.97 Å². The van der Waals surface area contributed by atoms with Crippen LogP contribution in [0.25, 0.3) is 0 Å². The Morgan fingerprint density at radius 1 is 1.30 bits per heavy atom. The van der Waals surface area contributed by atoms with Gasteiger partial charge in [-0.1, -0.05) is 12.7 Å². The maximum absolute atomic E-state index is 12.2. The van der Waals surface area contributed by atoms with Crippen LogP contribution in [0, 0.1) is 0 Å². The molecule has 0 aromatic rings. The van der Waals surface area contributed by atoms with Gasteiger partial charge in [0.05, 0.1) is 12.7 Å². The number of Topliss-reactive ketones (excluding diaryl/α,β-unsaturated/α-hetero) is 1. The first-order valence-electron chi connectivity index (χ1n) is 6.83. The lowest BCUT2D eigenvalue weighted by atomic mass is 10.1. The molecular formula is C16H26ClNO4S. The normalized spacial score (nSPS) is 11.2. The van der Waals surface area contributed by atoms with Crippen molar-refractivity contribution in [2.24, 2.45) is 0 Å². The van der Waals surface area contributed by atoms with E-state index in [9.17, 15) is 9.59 Å². The van der Waals surface area contributed by atoms with Gasteiger partial charge in [-0.15, -0.1) is 19.0 Å². The molecule has 23 heavy (non-hydrogen) atoms. The van der Waals surface area contributed by atoms with Crippen LogP contribution in [0.2, 0.25) is 0 Å². The first-order chi connectivity index (χ1) is 10.3. The molecule has 7 heteroatoms. The summed E-state index contributed by atoms with van der Waals surface area (Å²) in [6.45, 7) is 9.66. The molecule has 0 N–H and O–H groups in total. The predicted octanol–water partition coefficient (Wildman–Crippen LogP) is 2.48. The maximum atomic E-state index is 12.2. The van der Waals surface area contributed by atoms with Crippen LogP contribution in [0.15, 0.2) is 36.1 Å². The zero-order valence-electron chi connectivity index (χ0n) is 14.2. The van der Waals surface area contributed by atoms with Crippen molar-refractivity contribution in [2.75, 3.05) is 45.9 Å². The third-order valence-electron chi connectivity index (χ3n) is 2.57. The molecule has 132 valence electrons. The molecule has 0 aliphatic heterocycles. The zero-order chi connectivity index (χ0) is 17.1. The molecule has 0 atom stereocenters. The third-order valence-corrected chi connectivity index (χ3v) is 3.54. The summed E-state index contributed by atoms with van der Waals surface area (Å²) in [6.07, 6.45) is 1.73. The summed E-state index contributed by atoms with van der Waals surface area (Å²) in [4.78, 5) is 26.3. The molecule has 0 radical (unpaired) electrons. The van der Waals surface area contributed by atoms with Gasteiger partial charge in [0, 0.05) is 18.1 Å². The van der Waals surface area contributed by atoms with Gasteiger partial charge in [-0.2, -0.15) is 11.8 Å². The Morgan fingerprint density at radius 2 is 1.91 bits per heavy atom. The summed E-state index contributed by atoms with van der Waals surface area (Å²) >= 11 is 1.45. The van der Waals surface area contributed by atoms with E-state index in [0.29, 0.717) is 23.6 Å². The Hall–Kier alpha value is -1.24. The topological polar surface area (TPSA) is 55.8 Å². The van der Waals surface area contributed by atoms with E-state index in [0.717, 1.165) is 0 Å². The van der Waals surface area contributed by atoms with Crippen molar-refractivity contribution in [2.45, 2.75) is 6.92 Å². The van der Waals surface area contributed by atoms with Gasteiger partial charge in [-0.3, -0.25) is 4.79 Å². The molecule has 0 fully saturated rings. The number of allylic oxidation sites excluding steroid dienone is 1. The summed E-state index contributed by atoms with van der Waals surface area (Å²) in [5.74, 6) is 0.0481. The minimum absolute atomic E-state index is 0. The molecule has 0 heterocycles. The number of rotatable bonds is 11. The molecule has 0 spiro atoms. The highest BCUT2D eigenvalue weighted by Gasteiger charge is 2.23. The molecule has 0 saturated carbocycles. The van der Waals surface area contributed by atoms with Crippen LogP contribution in [0.4, 0.5) is 0 Å². The molecule has 0 aliphatic rings. The smallest absolute Gasteiger partial charge is 0.338 e. The van der Waals surface area contributed by atoms with Gasteiger partial charge in [-0.25, -0.2) is 4.79 Å². The van der Waals surface area contributed by atoms with Crippen molar-refractivity contribution in [3.05, 3.63) is 36.1 Å². The SMILES string of the molecule is C=CCSC/C(C(=O)OCCN(C)C)=C(\OC)C(=O)C(=C)C.Cl. The van der Waals surface area contributed by atoms with E-state index in [-0.39, 0.29) is 36.1 Å². The van der Waals surface area contributed by atoms with Crippen molar-refractivity contribution in [1.29, 1.82) is 0 Å².